The Morgan fingerprint density at radius 1 is 1.23 bits per heavy atom. The molecule has 1 fully saturated rings. The van der Waals surface area contributed by atoms with Gasteiger partial charge in [0.25, 0.3) is 0 Å². The highest BCUT2D eigenvalue weighted by Gasteiger charge is 2.29. The van der Waals surface area contributed by atoms with Gasteiger partial charge in [-0.1, -0.05) is 12.6 Å². The number of aromatic nitrogens is 4. The quantitative estimate of drug-likeness (QED) is 0.682. The van der Waals surface area contributed by atoms with E-state index in [1.807, 2.05) is 11.1 Å². The molecule has 7 nitrogen and oxygen atoms in total. The van der Waals surface area contributed by atoms with E-state index in [1.165, 1.54) is 28.2 Å². The van der Waals surface area contributed by atoms with Gasteiger partial charge in [-0.15, -0.1) is 0 Å². The molecule has 1 N–H and O–H groups in total. The first-order valence-electron chi connectivity index (χ1n) is 10.6. The molecule has 2 aromatic heterocycles. The summed E-state index contributed by atoms with van der Waals surface area (Å²) in [7, 11) is 0. The number of aryl methyl sites for hydroxylation is 1. The fourth-order valence-electron chi connectivity index (χ4n) is 5.00. The van der Waals surface area contributed by atoms with E-state index >= 15 is 0 Å². The number of H-pyrrole nitrogens is 1. The minimum absolute atomic E-state index is 0.00556. The third-order valence-corrected chi connectivity index (χ3v) is 6.55. The van der Waals surface area contributed by atoms with Crippen LogP contribution in [-0.2, 0) is 17.6 Å². The van der Waals surface area contributed by atoms with Gasteiger partial charge in [-0.3, -0.25) is 9.89 Å². The summed E-state index contributed by atoms with van der Waals surface area (Å²) < 4.78 is 0. The summed E-state index contributed by atoms with van der Waals surface area (Å²) in [5.74, 6) is 1.48. The number of nitrogens with zero attached hydrogens (tertiary/aromatic N) is 5. The van der Waals surface area contributed by atoms with Gasteiger partial charge in [0.1, 0.15) is 12.1 Å². The van der Waals surface area contributed by atoms with Crippen LogP contribution in [0.5, 0.6) is 0 Å². The Labute approximate surface area is 175 Å². The third kappa shape index (κ3) is 3.14. The molecule has 1 aliphatic heterocycles. The van der Waals surface area contributed by atoms with E-state index in [0.29, 0.717) is 19.0 Å². The first-order chi connectivity index (χ1) is 14.7. The number of amides is 1. The van der Waals surface area contributed by atoms with Crippen LogP contribution in [0.2, 0.25) is 0 Å². The lowest BCUT2D eigenvalue weighted by molar-refractivity contribution is -0.126. The maximum absolute atomic E-state index is 11.9. The maximum atomic E-state index is 11.9. The van der Waals surface area contributed by atoms with Gasteiger partial charge in [0.15, 0.2) is 0 Å². The van der Waals surface area contributed by atoms with Crippen molar-refractivity contribution >= 4 is 22.6 Å². The number of piperazine rings is 1. The summed E-state index contributed by atoms with van der Waals surface area (Å²) >= 11 is 0. The van der Waals surface area contributed by atoms with Crippen LogP contribution in [0, 0.1) is 6.92 Å². The number of benzene rings is 1. The Hall–Kier alpha value is -3.22. The number of nitrogens with one attached hydrogen (secondary N) is 1. The van der Waals surface area contributed by atoms with Gasteiger partial charge in [-0.2, -0.15) is 5.10 Å². The van der Waals surface area contributed by atoms with Crippen molar-refractivity contribution in [3.8, 4) is 0 Å². The first kappa shape index (κ1) is 18.8. The lowest BCUT2D eigenvalue weighted by Gasteiger charge is -2.37. The molecule has 1 aromatic carbocycles. The summed E-state index contributed by atoms with van der Waals surface area (Å²) in [6, 6.07) is 4.29. The normalized spacial score (nSPS) is 19.0. The molecule has 3 heterocycles. The monoisotopic (exact) mass is 402 g/mol. The van der Waals surface area contributed by atoms with Crippen LogP contribution >= 0.6 is 0 Å². The number of hydrogen-bond donors (Lipinski definition) is 1. The van der Waals surface area contributed by atoms with Crippen LogP contribution in [-0.4, -0.2) is 57.2 Å². The first-order valence-corrected chi connectivity index (χ1v) is 10.6. The number of fused-ring (bicyclic) bond motifs is 2. The zero-order valence-electron chi connectivity index (χ0n) is 17.3. The van der Waals surface area contributed by atoms with Crippen LogP contribution in [0.1, 0.15) is 34.7 Å². The van der Waals surface area contributed by atoms with E-state index < -0.39 is 0 Å². The molecule has 7 heteroatoms. The molecule has 5 rings (SSSR count). The molecule has 0 saturated carbocycles. The van der Waals surface area contributed by atoms with Crippen LogP contribution < -0.4 is 4.90 Å². The van der Waals surface area contributed by atoms with Gasteiger partial charge in [0.2, 0.25) is 5.91 Å². The molecular weight excluding hydrogens is 376 g/mol. The number of carbonyl (C=O) groups excluding carboxylic acids is 1. The Morgan fingerprint density at radius 3 is 2.87 bits per heavy atom. The van der Waals surface area contributed by atoms with Crippen LogP contribution in [0.25, 0.3) is 10.9 Å². The minimum Gasteiger partial charge on any atom is -0.353 e. The highest BCUT2D eigenvalue weighted by Crippen LogP contribution is 2.39. The molecule has 3 aromatic rings. The number of hydrogen-bond acceptors (Lipinski definition) is 5. The van der Waals surface area contributed by atoms with Crippen LogP contribution in [0.3, 0.4) is 0 Å². The standard InChI is InChI=1S/C23H26N6O/c1-3-21(30)28-8-10-29(11-9-28)23-17-6-5-16(12-20(17)24-14-25-23)22-15(2)4-7-19-18(22)13-26-27-19/h3-4,7,13-14,16H,1,5-6,8-12H2,2H3,(H,26,27). The molecule has 0 bridgehead atoms. The summed E-state index contributed by atoms with van der Waals surface area (Å²) in [5, 5.41) is 8.57. The molecular formula is C23H26N6O. The number of aromatic amines is 1. The Kier molecular flexibility index (Phi) is 4.73. The topological polar surface area (TPSA) is 78.0 Å². The molecule has 2 aliphatic rings. The van der Waals surface area contributed by atoms with Gasteiger partial charge in [-0.25, -0.2) is 9.97 Å². The zero-order chi connectivity index (χ0) is 20.7. The van der Waals surface area contributed by atoms with Crippen molar-refractivity contribution in [3.05, 3.63) is 59.7 Å². The van der Waals surface area contributed by atoms with E-state index in [0.717, 1.165) is 49.4 Å². The Bertz CT molecular complexity index is 1110. The van der Waals surface area contributed by atoms with Crippen molar-refractivity contribution in [2.75, 3.05) is 31.1 Å². The number of anilines is 1. The lowest BCUT2D eigenvalue weighted by atomic mass is 9.79. The van der Waals surface area contributed by atoms with E-state index in [9.17, 15) is 4.79 Å². The average Bonchev–Trinajstić information content (AvgIpc) is 3.26. The largest absolute Gasteiger partial charge is 0.353 e. The smallest absolute Gasteiger partial charge is 0.246 e. The molecule has 1 unspecified atom stereocenters. The second kappa shape index (κ2) is 7.55. The lowest BCUT2D eigenvalue weighted by Crippen LogP contribution is -2.49. The fraction of sp³-hybridized carbons (Fsp3) is 0.391. The van der Waals surface area contributed by atoms with E-state index in [-0.39, 0.29) is 5.91 Å². The summed E-state index contributed by atoms with van der Waals surface area (Å²) in [4.78, 5) is 25.3. The molecule has 1 amide bonds. The van der Waals surface area contributed by atoms with E-state index in [1.54, 1.807) is 6.33 Å². The molecule has 154 valence electrons. The van der Waals surface area contributed by atoms with Crippen molar-refractivity contribution in [2.24, 2.45) is 0 Å². The van der Waals surface area contributed by atoms with Gasteiger partial charge in [0, 0.05) is 42.8 Å². The molecule has 1 atom stereocenters. The van der Waals surface area contributed by atoms with Crippen molar-refractivity contribution < 1.29 is 4.79 Å². The molecule has 1 saturated heterocycles. The maximum Gasteiger partial charge on any atom is 0.246 e. The SMILES string of the molecule is C=CC(=O)N1CCN(c2ncnc3c2CCC(c2c(C)ccc4[nH]ncc24)C3)CC1. The summed E-state index contributed by atoms with van der Waals surface area (Å²) in [6.07, 6.45) is 8.00. The summed E-state index contributed by atoms with van der Waals surface area (Å²) in [5.41, 5.74) is 6.23. The predicted octanol–water partition coefficient (Wildman–Crippen LogP) is 2.77. The second-order valence-corrected chi connectivity index (χ2v) is 8.21. The Morgan fingerprint density at radius 2 is 2.07 bits per heavy atom. The van der Waals surface area contributed by atoms with Crippen molar-refractivity contribution in [1.82, 2.24) is 25.1 Å². The Balaban J connectivity index is 1.40. The van der Waals surface area contributed by atoms with Gasteiger partial charge >= 0.3 is 0 Å². The zero-order valence-corrected chi connectivity index (χ0v) is 17.3. The molecule has 0 spiro atoms. The van der Waals surface area contributed by atoms with E-state index in [2.05, 4.69) is 50.7 Å². The number of carbonyl (C=O) groups is 1. The van der Waals surface area contributed by atoms with Crippen molar-refractivity contribution in [2.45, 2.75) is 32.1 Å². The minimum atomic E-state index is 0.00556. The second-order valence-electron chi connectivity index (χ2n) is 8.21. The van der Waals surface area contributed by atoms with Gasteiger partial charge in [-0.05, 0) is 55.4 Å². The average molecular weight is 403 g/mol. The predicted molar refractivity (Wildman–Crippen MR) is 117 cm³/mol. The van der Waals surface area contributed by atoms with E-state index in [4.69, 9.17) is 0 Å². The molecule has 0 radical (unpaired) electrons. The molecule has 30 heavy (non-hydrogen) atoms. The van der Waals surface area contributed by atoms with Crippen molar-refractivity contribution in [1.29, 1.82) is 0 Å². The van der Waals surface area contributed by atoms with Gasteiger partial charge < -0.3 is 9.80 Å². The third-order valence-electron chi connectivity index (χ3n) is 6.55. The fourth-order valence-corrected chi connectivity index (χ4v) is 5.00. The highest BCUT2D eigenvalue weighted by atomic mass is 16.2. The number of rotatable bonds is 3. The van der Waals surface area contributed by atoms with Crippen molar-refractivity contribution in [3.63, 3.8) is 0 Å². The highest BCUT2D eigenvalue weighted by molar-refractivity contribution is 5.87. The molecule has 1 aliphatic carbocycles. The van der Waals surface area contributed by atoms with Crippen LogP contribution in [0.15, 0.2) is 37.3 Å². The van der Waals surface area contributed by atoms with Crippen LogP contribution in [0.4, 0.5) is 5.82 Å². The van der Waals surface area contributed by atoms with Gasteiger partial charge in [0.05, 0.1) is 11.7 Å². The summed E-state index contributed by atoms with van der Waals surface area (Å²) in [6.45, 7) is 8.77.